The molecule has 1 saturated heterocycles. The number of morpholine rings is 1. The summed E-state index contributed by atoms with van der Waals surface area (Å²) in [5.74, 6) is -0.890. The first-order chi connectivity index (χ1) is 8.20. The van der Waals surface area contributed by atoms with Crippen molar-refractivity contribution in [3.63, 3.8) is 0 Å². The molecule has 0 aromatic carbocycles. The van der Waals surface area contributed by atoms with E-state index >= 15 is 0 Å². The monoisotopic (exact) mass is 239 g/mol. The summed E-state index contributed by atoms with van der Waals surface area (Å²) in [5.41, 5.74) is 1.11. The van der Waals surface area contributed by atoms with Crippen molar-refractivity contribution in [3.05, 3.63) is 18.2 Å². The molecule has 1 aromatic rings. The Bertz CT molecular complexity index is 391. The van der Waals surface area contributed by atoms with E-state index in [1.165, 1.54) is 0 Å². The van der Waals surface area contributed by atoms with Gasteiger partial charge >= 0.3 is 5.97 Å². The molecule has 2 heterocycles. The van der Waals surface area contributed by atoms with Gasteiger partial charge in [-0.15, -0.1) is 0 Å². The van der Waals surface area contributed by atoms with E-state index in [2.05, 4.69) is 21.4 Å². The second-order valence-corrected chi connectivity index (χ2v) is 4.10. The van der Waals surface area contributed by atoms with Crippen LogP contribution in [0.3, 0.4) is 0 Å². The molecule has 1 unspecified atom stereocenters. The quantitative estimate of drug-likeness (QED) is 0.812. The summed E-state index contributed by atoms with van der Waals surface area (Å²) < 4.78 is 7.24. The predicted octanol–water partition coefficient (Wildman–Crippen LogP) is 0.188. The van der Waals surface area contributed by atoms with Gasteiger partial charge in [-0.25, -0.2) is 9.78 Å². The lowest BCUT2D eigenvalue weighted by Crippen LogP contribution is -2.45. The minimum absolute atomic E-state index is 0.435. The molecule has 6 nitrogen and oxygen atoms in total. The van der Waals surface area contributed by atoms with E-state index in [9.17, 15) is 4.79 Å². The number of carboxylic acid groups (broad SMARTS) is 1. The number of carboxylic acids is 1. The van der Waals surface area contributed by atoms with Crippen molar-refractivity contribution in [1.82, 2.24) is 14.5 Å². The van der Waals surface area contributed by atoms with Crippen LogP contribution in [-0.4, -0.2) is 51.3 Å². The van der Waals surface area contributed by atoms with Crippen LogP contribution in [0.1, 0.15) is 12.6 Å². The van der Waals surface area contributed by atoms with Crippen molar-refractivity contribution in [2.45, 2.75) is 26.1 Å². The van der Waals surface area contributed by atoms with Gasteiger partial charge in [0.1, 0.15) is 0 Å². The number of ether oxygens (including phenoxy) is 1. The molecule has 0 spiro atoms. The Morgan fingerprint density at radius 2 is 2.53 bits per heavy atom. The Balaban J connectivity index is 1.97. The first-order valence-electron chi connectivity index (χ1n) is 5.76. The zero-order valence-electron chi connectivity index (χ0n) is 9.87. The maximum atomic E-state index is 10.9. The molecule has 1 aromatic heterocycles. The fraction of sp³-hybridized carbons (Fsp3) is 0.636. The lowest BCUT2D eigenvalue weighted by Gasteiger charge is -2.30. The minimum Gasteiger partial charge on any atom is -0.479 e. The molecule has 0 saturated carbocycles. The Morgan fingerprint density at radius 3 is 3.24 bits per heavy atom. The standard InChI is InChI=1S/C11H17N3O3/c1-2-14-8-12-5-9(14)6-13-3-4-17-10(7-13)11(15)16/h5,8,10H,2-4,6-7H2,1H3,(H,15,16). The topological polar surface area (TPSA) is 67.6 Å². The summed E-state index contributed by atoms with van der Waals surface area (Å²) >= 11 is 0. The van der Waals surface area contributed by atoms with E-state index in [4.69, 9.17) is 9.84 Å². The molecule has 94 valence electrons. The highest BCUT2D eigenvalue weighted by Gasteiger charge is 2.26. The third kappa shape index (κ3) is 2.83. The minimum atomic E-state index is -0.890. The van der Waals surface area contributed by atoms with Crippen LogP contribution in [-0.2, 0) is 22.6 Å². The summed E-state index contributed by atoms with van der Waals surface area (Å²) in [7, 11) is 0. The molecule has 17 heavy (non-hydrogen) atoms. The Hall–Kier alpha value is -1.40. The van der Waals surface area contributed by atoms with Gasteiger partial charge in [0, 0.05) is 32.4 Å². The summed E-state index contributed by atoms with van der Waals surface area (Å²) in [6.07, 6.45) is 2.92. The van der Waals surface area contributed by atoms with Crippen LogP contribution >= 0.6 is 0 Å². The van der Waals surface area contributed by atoms with Crippen LogP contribution in [0.5, 0.6) is 0 Å². The number of rotatable bonds is 4. The SMILES string of the molecule is CCn1cncc1CN1CCOC(C(=O)O)C1. The first-order valence-corrected chi connectivity index (χ1v) is 5.76. The van der Waals surface area contributed by atoms with Crippen molar-refractivity contribution in [1.29, 1.82) is 0 Å². The summed E-state index contributed by atoms with van der Waals surface area (Å²) in [6.45, 7) is 5.33. The van der Waals surface area contributed by atoms with E-state index in [1.54, 1.807) is 6.33 Å². The number of aliphatic carboxylic acids is 1. The van der Waals surface area contributed by atoms with Crippen LogP contribution in [0.15, 0.2) is 12.5 Å². The van der Waals surface area contributed by atoms with Gasteiger partial charge in [0.15, 0.2) is 6.10 Å². The van der Waals surface area contributed by atoms with Crippen LogP contribution in [0, 0.1) is 0 Å². The fourth-order valence-corrected chi connectivity index (χ4v) is 1.99. The summed E-state index contributed by atoms with van der Waals surface area (Å²) in [4.78, 5) is 17.0. The number of hydrogen-bond acceptors (Lipinski definition) is 4. The molecular weight excluding hydrogens is 222 g/mol. The molecular formula is C11H17N3O3. The van der Waals surface area contributed by atoms with E-state index in [1.807, 2.05) is 6.20 Å². The molecule has 0 bridgehead atoms. The highest BCUT2D eigenvalue weighted by atomic mass is 16.5. The molecule has 1 aliphatic heterocycles. The van der Waals surface area contributed by atoms with Gasteiger partial charge in [0.25, 0.3) is 0 Å². The molecule has 1 atom stereocenters. The maximum absolute atomic E-state index is 10.9. The second-order valence-electron chi connectivity index (χ2n) is 4.10. The maximum Gasteiger partial charge on any atom is 0.334 e. The Labute approximate surface area is 99.8 Å². The summed E-state index contributed by atoms with van der Waals surface area (Å²) in [5, 5.41) is 8.91. The molecule has 1 aliphatic rings. The number of aryl methyl sites for hydroxylation is 1. The zero-order valence-corrected chi connectivity index (χ0v) is 9.87. The van der Waals surface area contributed by atoms with E-state index < -0.39 is 12.1 Å². The number of hydrogen-bond donors (Lipinski definition) is 1. The van der Waals surface area contributed by atoms with Gasteiger partial charge in [0.05, 0.1) is 18.6 Å². The van der Waals surface area contributed by atoms with Gasteiger partial charge < -0.3 is 14.4 Å². The molecule has 1 N–H and O–H groups in total. The van der Waals surface area contributed by atoms with Gasteiger partial charge in [-0.2, -0.15) is 0 Å². The van der Waals surface area contributed by atoms with Crippen LogP contribution < -0.4 is 0 Å². The van der Waals surface area contributed by atoms with Crippen molar-refractivity contribution >= 4 is 5.97 Å². The number of nitrogens with zero attached hydrogens (tertiary/aromatic N) is 3. The number of imidazole rings is 1. The number of carbonyl (C=O) groups is 1. The Morgan fingerprint density at radius 1 is 1.71 bits per heavy atom. The smallest absolute Gasteiger partial charge is 0.334 e. The molecule has 0 aliphatic carbocycles. The lowest BCUT2D eigenvalue weighted by atomic mass is 10.2. The fourth-order valence-electron chi connectivity index (χ4n) is 1.99. The molecule has 2 rings (SSSR count). The van der Waals surface area contributed by atoms with Gasteiger partial charge in [-0.1, -0.05) is 0 Å². The third-order valence-electron chi connectivity index (χ3n) is 2.95. The van der Waals surface area contributed by atoms with Crippen molar-refractivity contribution in [2.75, 3.05) is 19.7 Å². The summed E-state index contributed by atoms with van der Waals surface area (Å²) in [6, 6.07) is 0. The highest BCUT2D eigenvalue weighted by molar-refractivity contribution is 5.72. The van der Waals surface area contributed by atoms with Crippen molar-refractivity contribution < 1.29 is 14.6 Å². The molecule has 6 heteroatoms. The molecule has 0 radical (unpaired) electrons. The Kier molecular flexibility index (Phi) is 3.75. The van der Waals surface area contributed by atoms with E-state index in [0.29, 0.717) is 13.2 Å². The van der Waals surface area contributed by atoms with E-state index in [0.717, 1.165) is 25.3 Å². The van der Waals surface area contributed by atoms with Gasteiger partial charge in [-0.3, -0.25) is 4.90 Å². The van der Waals surface area contributed by atoms with Crippen LogP contribution in [0.4, 0.5) is 0 Å². The molecule has 0 amide bonds. The largest absolute Gasteiger partial charge is 0.479 e. The molecule has 1 fully saturated rings. The van der Waals surface area contributed by atoms with Gasteiger partial charge in [0.2, 0.25) is 0 Å². The highest BCUT2D eigenvalue weighted by Crippen LogP contribution is 2.10. The second kappa shape index (κ2) is 5.29. The van der Waals surface area contributed by atoms with Crippen molar-refractivity contribution in [2.24, 2.45) is 0 Å². The lowest BCUT2D eigenvalue weighted by molar-refractivity contribution is -0.156. The predicted molar refractivity (Wildman–Crippen MR) is 60.6 cm³/mol. The normalized spacial score (nSPS) is 21.6. The average molecular weight is 239 g/mol. The van der Waals surface area contributed by atoms with E-state index in [-0.39, 0.29) is 0 Å². The average Bonchev–Trinajstić information content (AvgIpc) is 2.76. The van der Waals surface area contributed by atoms with Crippen LogP contribution in [0.25, 0.3) is 0 Å². The third-order valence-corrected chi connectivity index (χ3v) is 2.95. The van der Waals surface area contributed by atoms with Crippen molar-refractivity contribution in [3.8, 4) is 0 Å². The number of aromatic nitrogens is 2. The van der Waals surface area contributed by atoms with Crippen LogP contribution in [0.2, 0.25) is 0 Å². The van der Waals surface area contributed by atoms with Gasteiger partial charge in [-0.05, 0) is 6.92 Å². The first kappa shape index (κ1) is 12.1. The zero-order chi connectivity index (χ0) is 12.3.